The van der Waals surface area contributed by atoms with E-state index in [1.807, 2.05) is 31.2 Å². The number of nitrogens with zero attached hydrogens (tertiary/aromatic N) is 2. The molecular formula is C27H29ClFN3O4S. The van der Waals surface area contributed by atoms with Crippen LogP contribution in [0.15, 0.2) is 77.7 Å². The summed E-state index contributed by atoms with van der Waals surface area (Å²) in [7, 11) is -4.25. The van der Waals surface area contributed by atoms with E-state index in [2.05, 4.69) is 5.32 Å². The number of aryl methyl sites for hydroxylation is 1. The lowest BCUT2D eigenvalue weighted by Gasteiger charge is -2.32. The summed E-state index contributed by atoms with van der Waals surface area (Å²) in [5.74, 6) is -1.70. The molecule has 0 radical (unpaired) electrons. The summed E-state index contributed by atoms with van der Waals surface area (Å²) in [6, 6.07) is 17.6. The summed E-state index contributed by atoms with van der Waals surface area (Å²) >= 11 is 5.96. The molecule has 10 heteroatoms. The molecule has 37 heavy (non-hydrogen) atoms. The second-order valence-electron chi connectivity index (χ2n) is 8.44. The summed E-state index contributed by atoms with van der Waals surface area (Å²) in [6.45, 7) is 5.08. The molecule has 1 N–H and O–H groups in total. The quantitative estimate of drug-likeness (QED) is 0.405. The van der Waals surface area contributed by atoms with Gasteiger partial charge in [0, 0.05) is 13.1 Å². The molecular weight excluding hydrogens is 517 g/mol. The van der Waals surface area contributed by atoms with E-state index in [1.54, 1.807) is 32.0 Å². The van der Waals surface area contributed by atoms with Crippen LogP contribution < -0.4 is 9.62 Å². The molecule has 0 aliphatic heterocycles. The average Bonchev–Trinajstić information content (AvgIpc) is 2.88. The third-order valence-corrected chi connectivity index (χ3v) is 8.00. The predicted octanol–water partition coefficient (Wildman–Crippen LogP) is 4.54. The molecule has 0 saturated heterocycles. The van der Waals surface area contributed by atoms with Gasteiger partial charge in [-0.15, -0.1) is 0 Å². The minimum Gasteiger partial charge on any atom is -0.355 e. The molecule has 3 aromatic rings. The van der Waals surface area contributed by atoms with Crippen LogP contribution in [0.1, 0.15) is 25.0 Å². The number of nitrogens with one attached hydrogen (secondary N) is 1. The van der Waals surface area contributed by atoms with Gasteiger partial charge in [-0.25, -0.2) is 12.8 Å². The SMILES string of the molecule is CCNC(=O)[C@H](C)N(Cc1ccccc1C)C(=O)CN(c1ccc(F)c(Cl)c1)S(=O)(=O)c1ccccc1. The lowest BCUT2D eigenvalue weighted by atomic mass is 10.1. The summed E-state index contributed by atoms with van der Waals surface area (Å²) in [4.78, 5) is 27.8. The van der Waals surface area contributed by atoms with Gasteiger partial charge in [0.2, 0.25) is 11.8 Å². The Labute approximate surface area is 221 Å². The highest BCUT2D eigenvalue weighted by atomic mass is 35.5. The molecule has 0 heterocycles. The Morgan fingerprint density at radius 2 is 1.68 bits per heavy atom. The number of halogens is 2. The van der Waals surface area contributed by atoms with Crippen molar-refractivity contribution in [3.05, 3.63) is 94.8 Å². The van der Waals surface area contributed by atoms with Crippen molar-refractivity contribution in [1.82, 2.24) is 10.2 Å². The van der Waals surface area contributed by atoms with Gasteiger partial charge in [0.1, 0.15) is 18.4 Å². The fraction of sp³-hybridized carbons (Fsp3) is 0.259. The first-order valence-electron chi connectivity index (χ1n) is 11.7. The standard InChI is InChI=1S/C27H29ClFN3O4S/c1-4-30-27(34)20(3)31(17-21-11-9-8-10-19(21)2)26(33)18-32(22-14-15-25(29)24(28)16-22)37(35,36)23-12-6-5-7-13-23/h5-16,20H,4,17-18H2,1-3H3,(H,30,34)/t20-/m0/s1. The van der Waals surface area contributed by atoms with Crippen LogP contribution in [-0.2, 0) is 26.2 Å². The average molecular weight is 546 g/mol. The highest BCUT2D eigenvalue weighted by Gasteiger charge is 2.32. The number of rotatable bonds is 10. The maximum Gasteiger partial charge on any atom is 0.264 e. The molecule has 3 aromatic carbocycles. The van der Waals surface area contributed by atoms with Crippen LogP contribution in [0.5, 0.6) is 0 Å². The van der Waals surface area contributed by atoms with Crippen molar-refractivity contribution in [2.45, 2.75) is 38.3 Å². The van der Waals surface area contributed by atoms with Gasteiger partial charge in [0.25, 0.3) is 10.0 Å². The molecule has 7 nitrogen and oxygen atoms in total. The van der Waals surface area contributed by atoms with Crippen LogP contribution in [0.4, 0.5) is 10.1 Å². The summed E-state index contributed by atoms with van der Waals surface area (Å²) < 4.78 is 42.1. The maximum atomic E-state index is 13.9. The Kier molecular flexibility index (Phi) is 9.29. The number of hydrogen-bond donors (Lipinski definition) is 1. The lowest BCUT2D eigenvalue weighted by Crippen LogP contribution is -2.51. The van der Waals surface area contributed by atoms with E-state index in [0.29, 0.717) is 6.54 Å². The molecule has 1 atom stereocenters. The topological polar surface area (TPSA) is 86.8 Å². The summed E-state index contributed by atoms with van der Waals surface area (Å²) in [6.07, 6.45) is 0. The van der Waals surface area contributed by atoms with Crippen molar-refractivity contribution in [2.24, 2.45) is 0 Å². The highest BCUT2D eigenvalue weighted by molar-refractivity contribution is 7.92. The highest BCUT2D eigenvalue weighted by Crippen LogP contribution is 2.28. The number of amides is 2. The fourth-order valence-electron chi connectivity index (χ4n) is 3.76. The number of carbonyl (C=O) groups excluding carboxylic acids is 2. The number of likely N-dealkylation sites (N-methyl/N-ethyl adjacent to an activating group) is 1. The smallest absolute Gasteiger partial charge is 0.264 e. The largest absolute Gasteiger partial charge is 0.355 e. The monoisotopic (exact) mass is 545 g/mol. The number of carbonyl (C=O) groups is 2. The van der Waals surface area contributed by atoms with Crippen LogP contribution >= 0.6 is 11.6 Å². The first-order chi connectivity index (χ1) is 17.6. The predicted molar refractivity (Wildman–Crippen MR) is 142 cm³/mol. The van der Waals surface area contributed by atoms with Crippen LogP contribution in [0, 0.1) is 12.7 Å². The van der Waals surface area contributed by atoms with E-state index in [-0.39, 0.29) is 28.1 Å². The molecule has 0 saturated carbocycles. The van der Waals surface area contributed by atoms with Crippen molar-refractivity contribution in [3.63, 3.8) is 0 Å². The Bertz CT molecular complexity index is 1370. The van der Waals surface area contributed by atoms with Crippen molar-refractivity contribution in [2.75, 3.05) is 17.4 Å². The molecule has 0 aliphatic rings. The number of benzene rings is 3. The summed E-state index contributed by atoms with van der Waals surface area (Å²) in [5.41, 5.74) is 1.75. The van der Waals surface area contributed by atoms with Crippen molar-refractivity contribution >= 4 is 39.1 Å². The molecule has 0 aromatic heterocycles. The molecule has 0 spiro atoms. The number of sulfonamides is 1. The zero-order valence-electron chi connectivity index (χ0n) is 20.8. The van der Waals surface area contributed by atoms with E-state index >= 15 is 0 Å². The van der Waals surface area contributed by atoms with Gasteiger partial charge in [0.05, 0.1) is 15.6 Å². The third kappa shape index (κ3) is 6.67. The summed E-state index contributed by atoms with van der Waals surface area (Å²) in [5, 5.41) is 2.43. The minimum absolute atomic E-state index is 0.0186. The zero-order valence-corrected chi connectivity index (χ0v) is 22.4. The molecule has 196 valence electrons. The normalized spacial score (nSPS) is 12.0. The van der Waals surface area contributed by atoms with E-state index in [9.17, 15) is 22.4 Å². The van der Waals surface area contributed by atoms with Crippen LogP contribution in [0.3, 0.4) is 0 Å². The molecule has 0 aliphatic carbocycles. The molecule has 3 rings (SSSR count). The van der Waals surface area contributed by atoms with E-state index in [4.69, 9.17) is 11.6 Å². The van der Waals surface area contributed by atoms with Gasteiger partial charge in [-0.1, -0.05) is 54.1 Å². The van der Waals surface area contributed by atoms with Crippen LogP contribution in [0.25, 0.3) is 0 Å². The first kappa shape index (κ1) is 28.1. The maximum absolute atomic E-state index is 13.9. The molecule has 0 unspecified atom stereocenters. The van der Waals surface area contributed by atoms with Crippen LogP contribution in [-0.4, -0.2) is 44.3 Å². The fourth-order valence-corrected chi connectivity index (χ4v) is 5.37. The first-order valence-corrected chi connectivity index (χ1v) is 13.5. The van der Waals surface area contributed by atoms with Crippen molar-refractivity contribution < 1.29 is 22.4 Å². The molecule has 0 fully saturated rings. The van der Waals surface area contributed by atoms with Crippen LogP contribution in [0.2, 0.25) is 5.02 Å². The second-order valence-corrected chi connectivity index (χ2v) is 10.7. The van der Waals surface area contributed by atoms with Crippen molar-refractivity contribution in [1.29, 1.82) is 0 Å². The van der Waals surface area contributed by atoms with E-state index in [0.717, 1.165) is 27.6 Å². The Morgan fingerprint density at radius 3 is 2.30 bits per heavy atom. The zero-order chi connectivity index (χ0) is 27.2. The Balaban J connectivity index is 2.05. The second kappa shape index (κ2) is 12.2. The van der Waals surface area contributed by atoms with Gasteiger partial charge in [-0.3, -0.25) is 13.9 Å². The molecule has 0 bridgehead atoms. The Hall–Kier alpha value is -3.43. The van der Waals surface area contributed by atoms with Gasteiger partial charge >= 0.3 is 0 Å². The van der Waals surface area contributed by atoms with Gasteiger partial charge in [-0.05, 0) is 62.2 Å². The van der Waals surface area contributed by atoms with Gasteiger partial charge in [0.15, 0.2) is 0 Å². The lowest BCUT2D eigenvalue weighted by molar-refractivity contribution is -0.139. The molecule has 2 amide bonds. The van der Waals surface area contributed by atoms with Gasteiger partial charge in [-0.2, -0.15) is 0 Å². The number of anilines is 1. The number of hydrogen-bond acceptors (Lipinski definition) is 4. The van der Waals surface area contributed by atoms with Gasteiger partial charge < -0.3 is 10.2 Å². The third-order valence-electron chi connectivity index (χ3n) is 5.92. The minimum atomic E-state index is -4.25. The van der Waals surface area contributed by atoms with E-state index in [1.165, 1.54) is 23.1 Å². The van der Waals surface area contributed by atoms with Crippen molar-refractivity contribution in [3.8, 4) is 0 Å². The Morgan fingerprint density at radius 1 is 1.03 bits per heavy atom. The van der Waals surface area contributed by atoms with E-state index < -0.39 is 34.3 Å².